The van der Waals surface area contributed by atoms with Gasteiger partial charge in [-0.3, -0.25) is 14.8 Å². The van der Waals surface area contributed by atoms with E-state index in [1.54, 1.807) is 31.6 Å². The quantitative estimate of drug-likeness (QED) is 0.792. The SMILES string of the molecule is CN(C(=O)c1ccncc1F)c1ccncc1. The molecule has 0 aliphatic carbocycles. The van der Waals surface area contributed by atoms with Gasteiger partial charge in [0.05, 0.1) is 11.8 Å². The first-order chi connectivity index (χ1) is 8.20. The highest BCUT2D eigenvalue weighted by molar-refractivity contribution is 6.05. The second-order valence-electron chi connectivity index (χ2n) is 3.43. The fourth-order valence-corrected chi connectivity index (χ4v) is 1.41. The molecule has 0 saturated heterocycles. The molecule has 0 saturated carbocycles. The van der Waals surface area contributed by atoms with Gasteiger partial charge in [-0.1, -0.05) is 0 Å². The molecule has 0 aromatic carbocycles. The van der Waals surface area contributed by atoms with Crippen LogP contribution in [0.2, 0.25) is 0 Å². The van der Waals surface area contributed by atoms with E-state index in [2.05, 4.69) is 9.97 Å². The molecule has 2 aromatic rings. The Labute approximate surface area is 97.7 Å². The molecule has 4 nitrogen and oxygen atoms in total. The third-order valence-electron chi connectivity index (χ3n) is 2.36. The van der Waals surface area contributed by atoms with Gasteiger partial charge in [-0.25, -0.2) is 4.39 Å². The number of hydrogen-bond donors (Lipinski definition) is 0. The van der Waals surface area contributed by atoms with Crippen LogP contribution in [0.4, 0.5) is 10.1 Å². The maximum Gasteiger partial charge on any atom is 0.261 e. The van der Waals surface area contributed by atoms with Crippen molar-refractivity contribution in [3.05, 3.63) is 54.4 Å². The fourth-order valence-electron chi connectivity index (χ4n) is 1.41. The van der Waals surface area contributed by atoms with Crippen molar-refractivity contribution in [3.8, 4) is 0 Å². The highest BCUT2D eigenvalue weighted by Crippen LogP contribution is 2.15. The highest BCUT2D eigenvalue weighted by atomic mass is 19.1. The number of rotatable bonds is 2. The predicted molar refractivity (Wildman–Crippen MR) is 61.2 cm³/mol. The van der Waals surface area contributed by atoms with Gasteiger partial charge in [0.2, 0.25) is 0 Å². The Morgan fingerprint density at radius 3 is 2.47 bits per heavy atom. The van der Waals surface area contributed by atoms with Crippen molar-refractivity contribution < 1.29 is 9.18 Å². The van der Waals surface area contributed by atoms with Crippen LogP contribution < -0.4 is 4.90 Å². The first-order valence-electron chi connectivity index (χ1n) is 4.98. The normalized spacial score (nSPS) is 10.0. The van der Waals surface area contributed by atoms with Crippen molar-refractivity contribution in [1.82, 2.24) is 9.97 Å². The van der Waals surface area contributed by atoms with Gasteiger partial charge < -0.3 is 4.90 Å². The average molecular weight is 231 g/mol. The lowest BCUT2D eigenvalue weighted by atomic mass is 10.2. The molecule has 5 heteroatoms. The van der Waals surface area contributed by atoms with E-state index in [9.17, 15) is 9.18 Å². The minimum Gasteiger partial charge on any atom is -0.311 e. The molecule has 0 bridgehead atoms. The number of anilines is 1. The highest BCUT2D eigenvalue weighted by Gasteiger charge is 2.16. The molecule has 86 valence electrons. The zero-order chi connectivity index (χ0) is 12.3. The Morgan fingerprint density at radius 2 is 1.82 bits per heavy atom. The Hall–Kier alpha value is -2.30. The Bertz CT molecular complexity index is 530. The molecule has 0 fully saturated rings. The van der Waals surface area contributed by atoms with E-state index in [0.29, 0.717) is 5.69 Å². The molecule has 17 heavy (non-hydrogen) atoms. The summed E-state index contributed by atoms with van der Waals surface area (Å²) < 4.78 is 13.4. The summed E-state index contributed by atoms with van der Waals surface area (Å²) in [6.45, 7) is 0. The minimum absolute atomic E-state index is 0.000637. The van der Waals surface area contributed by atoms with E-state index in [4.69, 9.17) is 0 Å². The summed E-state index contributed by atoms with van der Waals surface area (Å²) in [5, 5.41) is 0. The molecular formula is C12H10FN3O. The second kappa shape index (κ2) is 4.69. The van der Waals surface area contributed by atoms with Gasteiger partial charge in [-0.05, 0) is 18.2 Å². The van der Waals surface area contributed by atoms with Gasteiger partial charge in [-0.2, -0.15) is 0 Å². The maximum absolute atomic E-state index is 13.4. The molecule has 0 spiro atoms. The van der Waals surface area contributed by atoms with Crippen LogP contribution in [0.5, 0.6) is 0 Å². The molecule has 0 N–H and O–H groups in total. The molecule has 2 rings (SSSR count). The van der Waals surface area contributed by atoms with Crippen molar-refractivity contribution >= 4 is 11.6 Å². The van der Waals surface area contributed by atoms with Gasteiger partial charge >= 0.3 is 0 Å². The number of carbonyl (C=O) groups excluding carboxylic acids is 1. The lowest BCUT2D eigenvalue weighted by Crippen LogP contribution is -2.27. The van der Waals surface area contributed by atoms with E-state index in [1.165, 1.54) is 17.2 Å². The smallest absolute Gasteiger partial charge is 0.261 e. The lowest BCUT2D eigenvalue weighted by Gasteiger charge is -2.17. The van der Waals surface area contributed by atoms with Crippen LogP contribution in [0.25, 0.3) is 0 Å². The molecule has 1 amide bonds. The molecule has 0 aliphatic rings. The van der Waals surface area contributed by atoms with Gasteiger partial charge in [0.15, 0.2) is 5.82 Å². The van der Waals surface area contributed by atoms with Crippen molar-refractivity contribution in [2.75, 3.05) is 11.9 Å². The van der Waals surface area contributed by atoms with Crippen LogP contribution in [0.1, 0.15) is 10.4 Å². The summed E-state index contributed by atoms with van der Waals surface area (Å²) in [4.78, 5) is 20.8. The third kappa shape index (κ3) is 2.28. The number of carbonyl (C=O) groups is 1. The first kappa shape index (κ1) is 11.2. The molecule has 2 heterocycles. The van der Waals surface area contributed by atoms with Crippen LogP contribution >= 0.6 is 0 Å². The van der Waals surface area contributed by atoms with E-state index >= 15 is 0 Å². The lowest BCUT2D eigenvalue weighted by molar-refractivity contribution is 0.0989. The number of halogens is 1. The van der Waals surface area contributed by atoms with Crippen molar-refractivity contribution in [2.45, 2.75) is 0 Å². The van der Waals surface area contributed by atoms with Gasteiger partial charge in [0.25, 0.3) is 5.91 Å². The maximum atomic E-state index is 13.4. The average Bonchev–Trinajstić information content (AvgIpc) is 2.39. The Kier molecular flexibility index (Phi) is 3.09. The molecule has 0 unspecified atom stereocenters. The van der Waals surface area contributed by atoms with Crippen LogP contribution in [-0.2, 0) is 0 Å². The molecular weight excluding hydrogens is 221 g/mol. The van der Waals surface area contributed by atoms with E-state index in [-0.39, 0.29) is 5.56 Å². The standard InChI is InChI=1S/C12H10FN3O/c1-16(9-2-5-14-6-3-9)12(17)10-4-7-15-8-11(10)13/h2-8H,1H3. The largest absolute Gasteiger partial charge is 0.311 e. The zero-order valence-electron chi connectivity index (χ0n) is 9.17. The van der Waals surface area contributed by atoms with Crippen molar-refractivity contribution in [3.63, 3.8) is 0 Å². The number of hydrogen-bond acceptors (Lipinski definition) is 3. The number of pyridine rings is 2. The van der Waals surface area contributed by atoms with Crippen molar-refractivity contribution in [1.29, 1.82) is 0 Å². The monoisotopic (exact) mass is 231 g/mol. The van der Waals surface area contributed by atoms with Crippen molar-refractivity contribution in [2.24, 2.45) is 0 Å². The molecule has 0 aliphatic heterocycles. The van der Waals surface area contributed by atoms with Crippen LogP contribution in [-0.4, -0.2) is 22.9 Å². The van der Waals surface area contributed by atoms with Crippen LogP contribution in [0, 0.1) is 5.82 Å². The van der Waals surface area contributed by atoms with Crippen LogP contribution in [0.3, 0.4) is 0 Å². The molecule has 0 atom stereocenters. The van der Waals surface area contributed by atoms with E-state index in [1.807, 2.05) is 0 Å². The number of aromatic nitrogens is 2. The summed E-state index contributed by atoms with van der Waals surface area (Å²) in [5.74, 6) is -1.05. The predicted octanol–water partition coefficient (Wildman–Crippen LogP) is 1.89. The summed E-state index contributed by atoms with van der Waals surface area (Å²) in [6, 6.07) is 4.71. The second-order valence-corrected chi connectivity index (χ2v) is 3.43. The topological polar surface area (TPSA) is 46.1 Å². The Balaban J connectivity index is 2.30. The molecule has 2 aromatic heterocycles. The zero-order valence-corrected chi connectivity index (χ0v) is 9.17. The number of nitrogens with zero attached hydrogens (tertiary/aromatic N) is 3. The van der Waals surface area contributed by atoms with Crippen LogP contribution in [0.15, 0.2) is 43.0 Å². The summed E-state index contributed by atoms with van der Waals surface area (Å²) in [7, 11) is 1.58. The van der Waals surface area contributed by atoms with Gasteiger partial charge in [-0.15, -0.1) is 0 Å². The fraction of sp³-hybridized carbons (Fsp3) is 0.0833. The van der Waals surface area contributed by atoms with E-state index in [0.717, 1.165) is 6.20 Å². The Morgan fingerprint density at radius 1 is 1.18 bits per heavy atom. The number of amides is 1. The summed E-state index contributed by atoms with van der Waals surface area (Å²) >= 11 is 0. The van der Waals surface area contributed by atoms with E-state index < -0.39 is 11.7 Å². The summed E-state index contributed by atoms with van der Waals surface area (Å²) in [6.07, 6.45) is 5.55. The first-order valence-corrected chi connectivity index (χ1v) is 4.98. The van der Waals surface area contributed by atoms with Gasteiger partial charge in [0, 0.05) is 31.3 Å². The third-order valence-corrected chi connectivity index (χ3v) is 2.36. The minimum atomic E-state index is -0.626. The van der Waals surface area contributed by atoms with Gasteiger partial charge in [0.1, 0.15) is 0 Å². The molecule has 0 radical (unpaired) electrons. The summed E-state index contributed by atoms with van der Waals surface area (Å²) in [5.41, 5.74) is 0.653.